The number of hydrogen-bond donors (Lipinski definition) is 2. The number of nitrogens with one attached hydrogen (secondary N) is 2. The average molecular weight is 687 g/mol. The zero-order valence-corrected chi connectivity index (χ0v) is 33.0. The first-order chi connectivity index (χ1) is 21.7. The fourth-order valence-corrected chi connectivity index (χ4v) is 7.25. The molecular weight excluding hydrogens is 610 g/mol. The van der Waals surface area contributed by atoms with E-state index in [0.29, 0.717) is 32.4 Å². The number of halogens is 1. The van der Waals surface area contributed by atoms with Gasteiger partial charge in [0, 0.05) is 49.3 Å². The number of amides is 3. The highest BCUT2D eigenvalue weighted by Crippen LogP contribution is 2.40. The van der Waals surface area contributed by atoms with Crippen LogP contribution in [0.2, 0.25) is 0 Å². The summed E-state index contributed by atoms with van der Waals surface area (Å²) in [4.78, 5) is 44.0. The molecule has 1 aliphatic heterocycles. The van der Waals surface area contributed by atoms with Gasteiger partial charge in [-0.15, -0.1) is 0 Å². The SMILES string of the molecule is CCCCCCCCCCCC[N+](C)(C)CCCNC(=O)C(C)(C)CC(C)(CC(CC)N1CCCC1=O)C(=O)NCCCN(C)C.[Cl-]. The Labute approximate surface area is 296 Å². The van der Waals surface area contributed by atoms with Crippen LogP contribution in [-0.2, 0) is 14.4 Å². The maximum absolute atomic E-state index is 13.8. The minimum atomic E-state index is -0.767. The number of likely N-dealkylation sites (tertiary alicyclic amines) is 1. The Hall–Kier alpha value is -1.38. The van der Waals surface area contributed by atoms with Crippen LogP contribution >= 0.6 is 0 Å². The minimum absolute atomic E-state index is 0. The van der Waals surface area contributed by atoms with Crippen LogP contribution in [0, 0.1) is 10.8 Å². The van der Waals surface area contributed by atoms with Crippen molar-refractivity contribution in [3.63, 3.8) is 0 Å². The smallest absolute Gasteiger partial charge is 0.226 e. The minimum Gasteiger partial charge on any atom is -1.00 e. The first-order valence-corrected chi connectivity index (χ1v) is 19.0. The highest BCUT2D eigenvalue weighted by Gasteiger charge is 2.44. The van der Waals surface area contributed by atoms with Gasteiger partial charge in [-0.2, -0.15) is 0 Å². The van der Waals surface area contributed by atoms with E-state index in [1.54, 1.807) is 0 Å². The van der Waals surface area contributed by atoms with Gasteiger partial charge in [0.25, 0.3) is 0 Å². The Morgan fingerprint density at radius 2 is 1.36 bits per heavy atom. The number of unbranched alkanes of at least 4 members (excludes halogenated alkanes) is 9. The quantitative estimate of drug-likeness (QED) is 0.102. The lowest BCUT2D eigenvalue weighted by Gasteiger charge is -2.40. The lowest BCUT2D eigenvalue weighted by atomic mass is 9.69. The van der Waals surface area contributed by atoms with Crippen LogP contribution in [0.25, 0.3) is 0 Å². The van der Waals surface area contributed by atoms with Gasteiger partial charge in [0.1, 0.15) is 0 Å². The second-order valence-corrected chi connectivity index (χ2v) is 16.2. The molecular formula is C38H76ClN5O3. The summed E-state index contributed by atoms with van der Waals surface area (Å²) in [6, 6.07) is 0.00179. The van der Waals surface area contributed by atoms with E-state index in [4.69, 9.17) is 0 Å². The summed E-state index contributed by atoms with van der Waals surface area (Å²) in [5.41, 5.74) is -1.49. The van der Waals surface area contributed by atoms with Crippen LogP contribution in [0.15, 0.2) is 0 Å². The zero-order chi connectivity index (χ0) is 34.6. The molecule has 2 unspecified atom stereocenters. The van der Waals surface area contributed by atoms with Gasteiger partial charge in [0.15, 0.2) is 0 Å². The fraction of sp³-hybridized carbons (Fsp3) is 0.921. The van der Waals surface area contributed by atoms with Crippen molar-refractivity contribution in [2.24, 2.45) is 10.8 Å². The second-order valence-electron chi connectivity index (χ2n) is 16.2. The summed E-state index contributed by atoms with van der Waals surface area (Å²) >= 11 is 0. The van der Waals surface area contributed by atoms with Gasteiger partial charge in [-0.05, 0) is 65.6 Å². The molecule has 1 aliphatic rings. The van der Waals surface area contributed by atoms with E-state index in [0.717, 1.165) is 49.8 Å². The van der Waals surface area contributed by atoms with Crippen molar-refractivity contribution >= 4 is 17.7 Å². The van der Waals surface area contributed by atoms with Gasteiger partial charge in [0.05, 0.1) is 27.2 Å². The monoisotopic (exact) mass is 686 g/mol. The molecule has 0 aromatic heterocycles. The third kappa shape index (κ3) is 18.8. The molecule has 1 rings (SSSR count). The molecule has 0 aromatic carbocycles. The van der Waals surface area contributed by atoms with Crippen molar-refractivity contribution in [3.05, 3.63) is 0 Å². The molecule has 1 heterocycles. The maximum atomic E-state index is 13.8. The van der Waals surface area contributed by atoms with Gasteiger partial charge in [-0.1, -0.05) is 86.0 Å². The summed E-state index contributed by atoms with van der Waals surface area (Å²) in [6.07, 6.45) is 18.6. The summed E-state index contributed by atoms with van der Waals surface area (Å²) < 4.78 is 0.982. The Morgan fingerprint density at radius 1 is 0.830 bits per heavy atom. The third-order valence-electron chi connectivity index (χ3n) is 10.1. The third-order valence-corrected chi connectivity index (χ3v) is 10.1. The molecule has 8 nitrogen and oxygen atoms in total. The molecule has 0 aromatic rings. The largest absolute Gasteiger partial charge is 1.00 e. The number of nitrogens with zero attached hydrogens (tertiary/aromatic N) is 3. The maximum Gasteiger partial charge on any atom is 0.226 e. The molecule has 9 heteroatoms. The van der Waals surface area contributed by atoms with Crippen molar-refractivity contribution in [1.82, 2.24) is 20.4 Å². The average Bonchev–Trinajstić information content (AvgIpc) is 3.42. The van der Waals surface area contributed by atoms with Crippen molar-refractivity contribution in [2.45, 2.75) is 150 Å². The topological polar surface area (TPSA) is 81.8 Å². The van der Waals surface area contributed by atoms with Crippen LogP contribution in [0.4, 0.5) is 0 Å². The van der Waals surface area contributed by atoms with E-state index in [-0.39, 0.29) is 36.2 Å². The number of carbonyl (C=O) groups is 3. The van der Waals surface area contributed by atoms with Crippen molar-refractivity contribution in [2.75, 3.05) is 67.5 Å². The van der Waals surface area contributed by atoms with E-state index in [9.17, 15) is 14.4 Å². The van der Waals surface area contributed by atoms with Crippen molar-refractivity contribution in [3.8, 4) is 0 Å². The van der Waals surface area contributed by atoms with Gasteiger partial charge >= 0.3 is 0 Å². The van der Waals surface area contributed by atoms with Crippen LogP contribution in [0.5, 0.6) is 0 Å². The molecule has 0 saturated carbocycles. The Bertz CT molecular complexity index is 881. The van der Waals surface area contributed by atoms with E-state index >= 15 is 0 Å². The van der Waals surface area contributed by atoms with E-state index < -0.39 is 10.8 Å². The number of hydrogen-bond acceptors (Lipinski definition) is 4. The number of quaternary nitrogens is 1. The summed E-state index contributed by atoms with van der Waals surface area (Å²) in [5, 5.41) is 6.39. The van der Waals surface area contributed by atoms with E-state index in [1.165, 1.54) is 70.8 Å². The molecule has 3 amide bonds. The van der Waals surface area contributed by atoms with Gasteiger partial charge in [-0.25, -0.2) is 0 Å². The lowest BCUT2D eigenvalue weighted by Crippen LogP contribution is -3.00. The standard InChI is InChI=1S/C38H75N5O3.ClH/c1-10-12-13-14-15-16-17-18-19-20-29-43(8,9)30-23-26-39-35(45)37(3,4)32-38(5,36(46)40-25-22-27-41(6)7)31-33(11-2)42-28-21-24-34(42)44;/h33H,10-32H2,1-9H3,(H-,39,40,45,46);1H. The summed E-state index contributed by atoms with van der Waals surface area (Å²) in [5.74, 6) is 0.180. The second kappa shape index (κ2) is 23.9. The molecule has 0 spiro atoms. The predicted molar refractivity (Wildman–Crippen MR) is 194 cm³/mol. The van der Waals surface area contributed by atoms with Crippen molar-refractivity contribution in [1.29, 1.82) is 0 Å². The molecule has 2 atom stereocenters. The first-order valence-electron chi connectivity index (χ1n) is 19.0. The fourth-order valence-electron chi connectivity index (χ4n) is 7.25. The molecule has 0 bridgehead atoms. The van der Waals surface area contributed by atoms with Crippen LogP contribution in [0.1, 0.15) is 144 Å². The Kier molecular flexibility index (Phi) is 23.2. The van der Waals surface area contributed by atoms with Crippen LogP contribution in [-0.4, -0.2) is 106 Å². The van der Waals surface area contributed by atoms with Crippen LogP contribution in [0.3, 0.4) is 0 Å². The molecule has 0 radical (unpaired) electrons. The highest BCUT2D eigenvalue weighted by molar-refractivity contribution is 5.86. The molecule has 278 valence electrons. The first kappa shape index (κ1) is 45.6. The van der Waals surface area contributed by atoms with Gasteiger partial charge < -0.3 is 37.3 Å². The van der Waals surface area contributed by atoms with Crippen LogP contribution < -0.4 is 23.0 Å². The molecule has 0 aliphatic carbocycles. The van der Waals surface area contributed by atoms with Crippen molar-refractivity contribution < 1.29 is 31.3 Å². The number of rotatable bonds is 27. The Balaban J connectivity index is 0.0000212. The normalized spacial score (nSPS) is 15.8. The highest BCUT2D eigenvalue weighted by atomic mass is 35.5. The Morgan fingerprint density at radius 3 is 1.89 bits per heavy atom. The zero-order valence-electron chi connectivity index (χ0n) is 32.3. The summed E-state index contributed by atoms with van der Waals surface area (Å²) in [7, 11) is 8.67. The van der Waals surface area contributed by atoms with E-state index in [2.05, 4.69) is 43.5 Å². The molecule has 1 fully saturated rings. The lowest BCUT2D eigenvalue weighted by molar-refractivity contribution is -0.890. The molecule has 2 N–H and O–H groups in total. The van der Waals surface area contributed by atoms with Gasteiger partial charge in [0.2, 0.25) is 17.7 Å². The molecule has 47 heavy (non-hydrogen) atoms. The molecule has 1 saturated heterocycles. The number of carbonyl (C=O) groups excluding carboxylic acids is 3. The predicted octanol–water partition coefficient (Wildman–Crippen LogP) is 3.78. The van der Waals surface area contributed by atoms with E-state index in [1.807, 2.05) is 39.8 Å². The summed E-state index contributed by atoms with van der Waals surface area (Å²) in [6.45, 7) is 15.4. The van der Waals surface area contributed by atoms with Gasteiger partial charge in [-0.3, -0.25) is 14.4 Å².